The first-order valence-corrected chi connectivity index (χ1v) is 8.76. The van der Waals surface area contributed by atoms with Crippen LogP contribution in [-0.2, 0) is 14.6 Å². The van der Waals surface area contributed by atoms with E-state index in [4.69, 9.17) is 5.11 Å². The van der Waals surface area contributed by atoms with Crippen molar-refractivity contribution in [3.8, 4) is 0 Å². The van der Waals surface area contributed by atoms with Crippen molar-refractivity contribution in [2.75, 3.05) is 31.6 Å². The molecule has 0 radical (unpaired) electrons. The number of nitrogens with one attached hydrogen (secondary N) is 1. The molecule has 1 heterocycles. The van der Waals surface area contributed by atoms with Crippen LogP contribution < -0.4 is 5.32 Å². The number of rotatable bonds is 7. The molecule has 1 aliphatic rings. The molecule has 1 fully saturated rings. The number of carboxylic acids is 1. The molecule has 7 nitrogen and oxygen atoms in total. The van der Waals surface area contributed by atoms with Crippen molar-refractivity contribution in [2.45, 2.75) is 25.7 Å². The second kappa shape index (κ2) is 7.47. The fraction of sp³-hybridized carbons (Fsp3) is 0.833. The van der Waals surface area contributed by atoms with Crippen LogP contribution in [0, 0.1) is 5.92 Å². The van der Waals surface area contributed by atoms with Crippen LogP contribution in [0.15, 0.2) is 0 Å². The van der Waals surface area contributed by atoms with E-state index in [1.807, 2.05) is 0 Å². The Morgan fingerprint density at radius 2 is 2.10 bits per heavy atom. The van der Waals surface area contributed by atoms with E-state index in [0.29, 0.717) is 32.5 Å². The summed E-state index contributed by atoms with van der Waals surface area (Å²) in [5, 5.41) is 11.3. The lowest BCUT2D eigenvalue weighted by molar-refractivity contribution is -0.137. The Bertz CT molecular complexity index is 449. The summed E-state index contributed by atoms with van der Waals surface area (Å²) in [6, 6.07) is -0.198. The molecule has 0 spiro atoms. The summed E-state index contributed by atoms with van der Waals surface area (Å²) in [6.45, 7) is 1.54. The number of hydrogen-bond donors (Lipinski definition) is 2. The molecule has 20 heavy (non-hydrogen) atoms. The molecular weight excluding hydrogens is 284 g/mol. The summed E-state index contributed by atoms with van der Waals surface area (Å²) < 4.78 is 21.9. The van der Waals surface area contributed by atoms with Gasteiger partial charge in [-0.3, -0.25) is 4.79 Å². The molecule has 2 amide bonds. The summed E-state index contributed by atoms with van der Waals surface area (Å²) in [6.07, 6.45) is 3.12. The van der Waals surface area contributed by atoms with Gasteiger partial charge in [-0.25, -0.2) is 13.2 Å². The van der Waals surface area contributed by atoms with Crippen LogP contribution in [0.5, 0.6) is 0 Å². The first kappa shape index (κ1) is 16.7. The molecule has 1 rings (SSSR count). The van der Waals surface area contributed by atoms with E-state index in [0.717, 1.165) is 6.42 Å². The second-order valence-electron chi connectivity index (χ2n) is 5.25. The minimum Gasteiger partial charge on any atom is -0.481 e. The Morgan fingerprint density at radius 1 is 1.40 bits per heavy atom. The first-order chi connectivity index (χ1) is 9.28. The minimum atomic E-state index is -2.99. The number of aliphatic carboxylic acids is 1. The summed E-state index contributed by atoms with van der Waals surface area (Å²) >= 11 is 0. The van der Waals surface area contributed by atoms with Crippen LogP contribution in [-0.4, -0.2) is 62.1 Å². The van der Waals surface area contributed by atoms with Crippen LogP contribution in [0.4, 0.5) is 4.79 Å². The maximum absolute atomic E-state index is 11.8. The smallest absolute Gasteiger partial charge is 0.317 e. The lowest BCUT2D eigenvalue weighted by atomic mass is 10.0. The van der Waals surface area contributed by atoms with Crippen molar-refractivity contribution in [3.63, 3.8) is 0 Å². The Hall–Kier alpha value is -1.31. The highest BCUT2D eigenvalue weighted by atomic mass is 32.2. The molecule has 1 atom stereocenters. The van der Waals surface area contributed by atoms with Gasteiger partial charge in [0.15, 0.2) is 0 Å². The Kier molecular flexibility index (Phi) is 6.25. The Balaban J connectivity index is 2.20. The molecular formula is C12H22N2O5S. The number of carboxylic acid groups (broad SMARTS) is 1. The Labute approximate surface area is 119 Å². The predicted molar refractivity (Wildman–Crippen MR) is 74.3 cm³/mol. The number of urea groups is 1. The fourth-order valence-corrected chi connectivity index (χ4v) is 2.89. The standard InChI is InChI=1S/C12H22N2O5S/c1-20(18,19)8-2-6-13-12(17)14-7-5-10(9-14)3-4-11(15)16/h10H,2-9H2,1H3,(H,13,17)(H,15,16). The van der Waals surface area contributed by atoms with E-state index < -0.39 is 15.8 Å². The van der Waals surface area contributed by atoms with Gasteiger partial charge in [0.2, 0.25) is 0 Å². The van der Waals surface area contributed by atoms with E-state index in [-0.39, 0.29) is 24.1 Å². The summed E-state index contributed by atoms with van der Waals surface area (Å²) in [5.74, 6) is -0.504. The maximum Gasteiger partial charge on any atom is 0.317 e. The van der Waals surface area contributed by atoms with Crippen molar-refractivity contribution in [1.82, 2.24) is 10.2 Å². The number of amides is 2. The molecule has 0 aromatic heterocycles. The molecule has 1 aliphatic heterocycles. The summed E-state index contributed by atoms with van der Waals surface area (Å²) in [4.78, 5) is 23.9. The van der Waals surface area contributed by atoms with Gasteiger partial charge in [0.25, 0.3) is 0 Å². The molecule has 1 unspecified atom stereocenters. The molecule has 2 N–H and O–H groups in total. The van der Waals surface area contributed by atoms with Gasteiger partial charge in [0, 0.05) is 32.3 Å². The fourth-order valence-electron chi connectivity index (χ4n) is 2.22. The number of carbonyl (C=O) groups is 2. The van der Waals surface area contributed by atoms with Gasteiger partial charge in [-0.2, -0.15) is 0 Å². The monoisotopic (exact) mass is 306 g/mol. The van der Waals surface area contributed by atoms with Crippen molar-refractivity contribution in [3.05, 3.63) is 0 Å². The highest BCUT2D eigenvalue weighted by Gasteiger charge is 2.26. The Morgan fingerprint density at radius 3 is 2.70 bits per heavy atom. The topological polar surface area (TPSA) is 104 Å². The number of carbonyl (C=O) groups excluding carboxylic acids is 1. The number of nitrogens with zero attached hydrogens (tertiary/aromatic N) is 1. The molecule has 8 heteroatoms. The highest BCUT2D eigenvalue weighted by Crippen LogP contribution is 2.20. The van der Waals surface area contributed by atoms with E-state index in [1.54, 1.807) is 4.90 Å². The number of likely N-dealkylation sites (tertiary alicyclic amines) is 1. The van der Waals surface area contributed by atoms with Gasteiger partial charge >= 0.3 is 12.0 Å². The van der Waals surface area contributed by atoms with Crippen LogP contribution in [0.3, 0.4) is 0 Å². The van der Waals surface area contributed by atoms with E-state index >= 15 is 0 Å². The largest absolute Gasteiger partial charge is 0.481 e. The third kappa shape index (κ3) is 6.74. The van der Waals surface area contributed by atoms with Gasteiger partial charge in [-0.15, -0.1) is 0 Å². The normalized spacial score (nSPS) is 19.1. The second-order valence-corrected chi connectivity index (χ2v) is 7.51. The van der Waals surface area contributed by atoms with Gasteiger partial charge < -0.3 is 15.3 Å². The molecule has 0 bridgehead atoms. The third-order valence-electron chi connectivity index (χ3n) is 3.31. The van der Waals surface area contributed by atoms with E-state index in [2.05, 4.69) is 5.32 Å². The third-order valence-corrected chi connectivity index (χ3v) is 4.34. The average molecular weight is 306 g/mol. The van der Waals surface area contributed by atoms with Crippen LogP contribution in [0.2, 0.25) is 0 Å². The zero-order chi connectivity index (χ0) is 15.2. The zero-order valence-corrected chi connectivity index (χ0v) is 12.5. The number of sulfone groups is 1. The summed E-state index contributed by atoms with van der Waals surface area (Å²) in [7, 11) is -2.99. The van der Waals surface area contributed by atoms with E-state index in [1.165, 1.54) is 6.26 Å². The quantitative estimate of drug-likeness (QED) is 0.659. The lowest BCUT2D eigenvalue weighted by Crippen LogP contribution is -2.39. The van der Waals surface area contributed by atoms with Gasteiger partial charge in [0.1, 0.15) is 9.84 Å². The first-order valence-electron chi connectivity index (χ1n) is 6.70. The number of hydrogen-bond acceptors (Lipinski definition) is 4. The highest BCUT2D eigenvalue weighted by molar-refractivity contribution is 7.90. The van der Waals surface area contributed by atoms with Crippen molar-refractivity contribution in [2.24, 2.45) is 5.92 Å². The van der Waals surface area contributed by atoms with E-state index in [9.17, 15) is 18.0 Å². The minimum absolute atomic E-state index is 0.0640. The molecule has 0 aliphatic carbocycles. The van der Waals surface area contributed by atoms with Crippen LogP contribution in [0.1, 0.15) is 25.7 Å². The van der Waals surface area contributed by atoms with Gasteiger partial charge in [0.05, 0.1) is 5.75 Å². The van der Waals surface area contributed by atoms with Crippen molar-refractivity contribution < 1.29 is 23.1 Å². The lowest BCUT2D eigenvalue weighted by Gasteiger charge is -2.17. The van der Waals surface area contributed by atoms with Crippen molar-refractivity contribution >= 4 is 21.8 Å². The van der Waals surface area contributed by atoms with Crippen molar-refractivity contribution in [1.29, 1.82) is 0 Å². The maximum atomic E-state index is 11.8. The molecule has 0 aromatic carbocycles. The van der Waals surface area contributed by atoms with Gasteiger partial charge in [-0.1, -0.05) is 0 Å². The zero-order valence-electron chi connectivity index (χ0n) is 11.7. The van der Waals surface area contributed by atoms with Gasteiger partial charge in [-0.05, 0) is 25.2 Å². The summed E-state index contributed by atoms with van der Waals surface area (Å²) in [5.41, 5.74) is 0. The molecule has 116 valence electrons. The SMILES string of the molecule is CS(=O)(=O)CCCNC(=O)N1CCC(CCC(=O)O)C1. The average Bonchev–Trinajstić information content (AvgIpc) is 2.79. The molecule has 0 aromatic rings. The molecule has 1 saturated heterocycles. The predicted octanol–water partition coefficient (Wildman–Crippen LogP) is 0.317. The molecule has 0 saturated carbocycles. The van der Waals surface area contributed by atoms with Crippen LogP contribution >= 0.6 is 0 Å². The van der Waals surface area contributed by atoms with Crippen LogP contribution in [0.25, 0.3) is 0 Å².